The molecule has 1 fully saturated rings. The molecule has 0 spiro atoms. The fraction of sp³-hybridized carbons (Fsp3) is 0.400. The van der Waals surface area contributed by atoms with Gasteiger partial charge in [-0.15, -0.1) is 0 Å². The van der Waals surface area contributed by atoms with Crippen molar-refractivity contribution in [3.63, 3.8) is 0 Å². The van der Waals surface area contributed by atoms with E-state index in [-0.39, 0.29) is 11.7 Å². The van der Waals surface area contributed by atoms with Crippen molar-refractivity contribution >= 4 is 17.9 Å². The SMILES string of the molecule is NC(=O)NC(=O)COC(=O)c1ccc(OCC2CCCO2)cc1. The summed E-state index contributed by atoms with van der Waals surface area (Å²) in [6, 6.07) is 5.32. The number of primary amides is 1. The minimum atomic E-state index is -1.00. The number of rotatable bonds is 6. The molecule has 2 rings (SSSR count). The second-order valence-corrected chi connectivity index (χ2v) is 4.96. The van der Waals surface area contributed by atoms with Gasteiger partial charge in [-0.1, -0.05) is 0 Å². The quantitative estimate of drug-likeness (QED) is 0.741. The Labute approximate surface area is 132 Å². The van der Waals surface area contributed by atoms with E-state index < -0.39 is 24.5 Å². The molecule has 3 amide bonds. The van der Waals surface area contributed by atoms with Crippen LogP contribution in [0.25, 0.3) is 0 Å². The highest BCUT2D eigenvalue weighted by molar-refractivity contribution is 5.96. The average Bonchev–Trinajstić information content (AvgIpc) is 3.04. The Morgan fingerprint density at radius 1 is 1.26 bits per heavy atom. The van der Waals surface area contributed by atoms with Crippen LogP contribution in [0.5, 0.6) is 5.75 Å². The number of nitrogens with one attached hydrogen (secondary N) is 1. The van der Waals surface area contributed by atoms with E-state index in [9.17, 15) is 14.4 Å². The van der Waals surface area contributed by atoms with E-state index in [4.69, 9.17) is 19.9 Å². The minimum Gasteiger partial charge on any atom is -0.491 e. The summed E-state index contributed by atoms with van der Waals surface area (Å²) in [5.74, 6) is -0.860. The topological polar surface area (TPSA) is 117 Å². The monoisotopic (exact) mass is 322 g/mol. The van der Waals surface area contributed by atoms with Gasteiger partial charge in [-0.05, 0) is 37.1 Å². The summed E-state index contributed by atoms with van der Waals surface area (Å²) in [5.41, 5.74) is 5.03. The Morgan fingerprint density at radius 2 is 2.00 bits per heavy atom. The summed E-state index contributed by atoms with van der Waals surface area (Å²) < 4.78 is 15.8. The van der Waals surface area contributed by atoms with Crippen LogP contribution in [-0.2, 0) is 14.3 Å². The molecule has 0 aromatic heterocycles. The maximum Gasteiger partial charge on any atom is 0.338 e. The molecule has 23 heavy (non-hydrogen) atoms. The van der Waals surface area contributed by atoms with Crippen LogP contribution in [0.4, 0.5) is 4.79 Å². The summed E-state index contributed by atoms with van der Waals surface area (Å²) in [5, 5.41) is 1.79. The fourth-order valence-electron chi connectivity index (χ4n) is 2.04. The highest BCUT2D eigenvalue weighted by atomic mass is 16.5. The van der Waals surface area contributed by atoms with Gasteiger partial charge < -0.3 is 19.9 Å². The van der Waals surface area contributed by atoms with Crippen molar-refractivity contribution in [1.82, 2.24) is 5.32 Å². The molecular formula is C15H18N2O6. The Morgan fingerprint density at radius 3 is 2.61 bits per heavy atom. The van der Waals surface area contributed by atoms with E-state index >= 15 is 0 Å². The Balaban J connectivity index is 1.77. The Bertz CT molecular complexity index is 566. The van der Waals surface area contributed by atoms with Crippen LogP contribution in [0.1, 0.15) is 23.2 Å². The molecular weight excluding hydrogens is 304 g/mol. The average molecular weight is 322 g/mol. The third-order valence-corrected chi connectivity index (χ3v) is 3.15. The van der Waals surface area contributed by atoms with Crippen LogP contribution in [0, 0.1) is 0 Å². The van der Waals surface area contributed by atoms with Crippen molar-refractivity contribution in [3.8, 4) is 5.75 Å². The van der Waals surface area contributed by atoms with Crippen LogP contribution in [0.2, 0.25) is 0 Å². The number of hydrogen-bond donors (Lipinski definition) is 2. The lowest BCUT2D eigenvalue weighted by Crippen LogP contribution is -2.37. The third kappa shape index (κ3) is 5.59. The largest absolute Gasteiger partial charge is 0.491 e. The number of urea groups is 1. The van der Waals surface area contributed by atoms with E-state index in [1.54, 1.807) is 17.4 Å². The highest BCUT2D eigenvalue weighted by Crippen LogP contribution is 2.17. The number of carbonyl (C=O) groups is 3. The molecule has 1 saturated heterocycles. The zero-order valence-electron chi connectivity index (χ0n) is 12.4. The Kier molecular flexibility index (Phi) is 5.93. The minimum absolute atomic E-state index is 0.114. The molecule has 0 radical (unpaired) electrons. The molecule has 0 bridgehead atoms. The third-order valence-electron chi connectivity index (χ3n) is 3.15. The van der Waals surface area contributed by atoms with E-state index in [0.29, 0.717) is 12.4 Å². The summed E-state index contributed by atoms with van der Waals surface area (Å²) in [7, 11) is 0. The van der Waals surface area contributed by atoms with Gasteiger partial charge in [-0.3, -0.25) is 10.1 Å². The predicted molar refractivity (Wildman–Crippen MR) is 78.9 cm³/mol. The molecule has 124 valence electrons. The maximum absolute atomic E-state index is 11.7. The van der Waals surface area contributed by atoms with Crippen molar-refractivity contribution in [2.75, 3.05) is 19.8 Å². The molecule has 1 heterocycles. The number of benzene rings is 1. The molecule has 1 aromatic carbocycles. The number of ether oxygens (including phenoxy) is 3. The van der Waals surface area contributed by atoms with E-state index in [2.05, 4.69) is 0 Å². The van der Waals surface area contributed by atoms with Gasteiger partial charge in [0.15, 0.2) is 6.61 Å². The number of carbonyl (C=O) groups excluding carboxylic acids is 3. The van der Waals surface area contributed by atoms with Gasteiger partial charge in [-0.2, -0.15) is 0 Å². The van der Waals surface area contributed by atoms with E-state index in [1.807, 2.05) is 0 Å². The normalized spacial score (nSPS) is 16.6. The predicted octanol–water partition coefficient (Wildman–Crippen LogP) is 0.596. The van der Waals surface area contributed by atoms with Crippen molar-refractivity contribution in [1.29, 1.82) is 0 Å². The van der Waals surface area contributed by atoms with Gasteiger partial charge in [0.2, 0.25) is 0 Å². The Hall–Kier alpha value is -2.61. The van der Waals surface area contributed by atoms with Crippen molar-refractivity contribution in [2.24, 2.45) is 5.73 Å². The second kappa shape index (κ2) is 8.14. The molecule has 1 aliphatic heterocycles. The van der Waals surface area contributed by atoms with Gasteiger partial charge in [0.05, 0.1) is 11.7 Å². The molecule has 1 atom stereocenters. The standard InChI is InChI=1S/C15H18N2O6/c16-15(20)17-13(18)9-23-14(19)10-3-5-11(6-4-10)22-8-12-2-1-7-21-12/h3-6,12H,1-2,7-9H2,(H3,16,17,18,20). The zero-order valence-corrected chi connectivity index (χ0v) is 12.4. The first-order valence-electron chi connectivity index (χ1n) is 7.15. The highest BCUT2D eigenvalue weighted by Gasteiger charge is 2.16. The summed E-state index contributed by atoms with van der Waals surface area (Å²) in [6.45, 7) is 0.651. The maximum atomic E-state index is 11.7. The van der Waals surface area contributed by atoms with Crippen LogP contribution in [-0.4, -0.2) is 43.8 Å². The fourth-order valence-corrected chi connectivity index (χ4v) is 2.04. The lowest BCUT2D eigenvalue weighted by atomic mass is 10.2. The van der Waals surface area contributed by atoms with Gasteiger partial charge in [0, 0.05) is 6.61 Å². The lowest BCUT2D eigenvalue weighted by Gasteiger charge is -2.11. The van der Waals surface area contributed by atoms with Crippen molar-refractivity contribution < 1.29 is 28.6 Å². The number of hydrogen-bond acceptors (Lipinski definition) is 6. The van der Waals surface area contributed by atoms with E-state index in [1.165, 1.54) is 12.1 Å². The summed E-state index contributed by atoms with van der Waals surface area (Å²) >= 11 is 0. The first kappa shape index (κ1) is 16.8. The number of amides is 3. The molecule has 1 aliphatic rings. The smallest absolute Gasteiger partial charge is 0.338 e. The molecule has 8 nitrogen and oxygen atoms in total. The second-order valence-electron chi connectivity index (χ2n) is 4.96. The van der Waals surface area contributed by atoms with E-state index in [0.717, 1.165) is 19.4 Å². The number of imide groups is 1. The van der Waals surface area contributed by atoms with Crippen LogP contribution in [0.3, 0.4) is 0 Å². The molecule has 0 aliphatic carbocycles. The van der Waals surface area contributed by atoms with Gasteiger partial charge in [0.1, 0.15) is 12.4 Å². The van der Waals surface area contributed by atoms with Crippen molar-refractivity contribution in [3.05, 3.63) is 29.8 Å². The summed E-state index contributed by atoms with van der Waals surface area (Å²) in [6.07, 6.45) is 2.14. The summed E-state index contributed by atoms with van der Waals surface area (Å²) in [4.78, 5) is 33.3. The number of esters is 1. The van der Waals surface area contributed by atoms with Crippen LogP contribution in [0.15, 0.2) is 24.3 Å². The zero-order chi connectivity index (χ0) is 16.7. The molecule has 1 unspecified atom stereocenters. The van der Waals surface area contributed by atoms with Crippen LogP contribution < -0.4 is 15.8 Å². The molecule has 1 aromatic rings. The lowest BCUT2D eigenvalue weighted by molar-refractivity contribution is -0.123. The van der Waals surface area contributed by atoms with Crippen molar-refractivity contribution in [2.45, 2.75) is 18.9 Å². The first-order valence-corrected chi connectivity index (χ1v) is 7.15. The van der Waals surface area contributed by atoms with Gasteiger partial charge in [0.25, 0.3) is 5.91 Å². The van der Waals surface area contributed by atoms with Gasteiger partial charge >= 0.3 is 12.0 Å². The molecule has 3 N–H and O–H groups in total. The first-order chi connectivity index (χ1) is 11.0. The van der Waals surface area contributed by atoms with Gasteiger partial charge in [-0.25, -0.2) is 9.59 Å². The molecule has 8 heteroatoms. The van der Waals surface area contributed by atoms with Crippen LogP contribution >= 0.6 is 0 Å². The number of nitrogens with two attached hydrogens (primary N) is 1. The molecule has 0 saturated carbocycles.